The Bertz CT molecular complexity index is 579. The molecular weight excluding hydrogens is 250 g/mol. The standard InChI is InChI=1S/C16H21N3O/c1-3-6-15-17-16(20-18-15)11-19(2)14-10-9-12-7-4-5-8-13(12)14/h4-5,7-8,14H,3,6,9-11H2,1-2H3. The average molecular weight is 271 g/mol. The lowest BCUT2D eigenvalue weighted by Crippen LogP contribution is -2.22. The molecule has 20 heavy (non-hydrogen) atoms. The molecule has 1 aromatic carbocycles. The molecule has 0 saturated carbocycles. The molecule has 1 unspecified atom stereocenters. The lowest BCUT2D eigenvalue weighted by Gasteiger charge is -2.23. The van der Waals surface area contributed by atoms with E-state index < -0.39 is 0 Å². The minimum atomic E-state index is 0.465. The fourth-order valence-corrected chi connectivity index (χ4v) is 3.00. The summed E-state index contributed by atoms with van der Waals surface area (Å²) in [6, 6.07) is 9.18. The number of aryl methyl sites for hydroxylation is 2. The molecule has 4 heteroatoms. The van der Waals surface area contributed by atoms with Crippen molar-refractivity contribution in [2.75, 3.05) is 7.05 Å². The van der Waals surface area contributed by atoms with E-state index >= 15 is 0 Å². The second-order valence-electron chi connectivity index (χ2n) is 5.52. The summed E-state index contributed by atoms with van der Waals surface area (Å²) in [7, 11) is 2.14. The van der Waals surface area contributed by atoms with E-state index in [4.69, 9.17) is 4.52 Å². The second kappa shape index (κ2) is 5.75. The van der Waals surface area contributed by atoms with E-state index in [1.807, 2.05) is 0 Å². The van der Waals surface area contributed by atoms with E-state index in [0.717, 1.165) is 37.5 Å². The van der Waals surface area contributed by atoms with Gasteiger partial charge in [0.05, 0.1) is 6.54 Å². The Morgan fingerprint density at radius 3 is 3.05 bits per heavy atom. The summed E-state index contributed by atoms with van der Waals surface area (Å²) >= 11 is 0. The Hall–Kier alpha value is -1.68. The molecule has 2 aromatic rings. The number of fused-ring (bicyclic) bond motifs is 1. The first-order valence-electron chi connectivity index (χ1n) is 7.37. The zero-order valence-electron chi connectivity index (χ0n) is 12.2. The molecule has 3 rings (SSSR count). The summed E-state index contributed by atoms with van der Waals surface area (Å²) in [6.45, 7) is 2.84. The van der Waals surface area contributed by atoms with Crippen molar-refractivity contribution in [2.24, 2.45) is 0 Å². The topological polar surface area (TPSA) is 42.2 Å². The molecule has 106 valence electrons. The van der Waals surface area contributed by atoms with Gasteiger partial charge in [-0.1, -0.05) is 36.3 Å². The minimum absolute atomic E-state index is 0.465. The summed E-state index contributed by atoms with van der Waals surface area (Å²) < 4.78 is 5.33. The quantitative estimate of drug-likeness (QED) is 0.838. The Morgan fingerprint density at radius 2 is 2.20 bits per heavy atom. The number of nitrogens with zero attached hydrogens (tertiary/aromatic N) is 3. The minimum Gasteiger partial charge on any atom is -0.338 e. The lowest BCUT2D eigenvalue weighted by molar-refractivity contribution is 0.204. The molecule has 0 bridgehead atoms. The highest BCUT2D eigenvalue weighted by molar-refractivity contribution is 5.34. The maximum absolute atomic E-state index is 5.33. The molecular formula is C16H21N3O. The molecule has 1 aromatic heterocycles. The summed E-state index contributed by atoms with van der Waals surface area (Å²) in [5.74, 6) is 1.54. The highest BCUT2D eigenvalue weighted by atomic mass is 16.5. The zero-order chi connectivity index (χ0) is 13.9. The fraction of sp³-hybridized carbons (Fsp3) is 0.500. The van der Waals surface area contributed by atoms with Gasteiger partial charge in [0.1, 0.15) is 0 Å². The van der Waals surface area contributed by atoms with Crippen LogP contribution in [-0.4, -0.2) is 22.1 Å². The van der Waals surface area contributed by atoms with Crippen LogP contribution in [0, 0.1) is 0 Å². The first-order chi connectivity index (χ1) is 9.78. The first-order valence-corrected chi connectivity index (χ1v) is 7.37. The predicted molar refractivity (Wildman–Crippen MR) is 77.3 cm³/mol. The molecule has 1 atom stereocenters. The number of benzene rings is 1. The Labute approximate surface area is 119 Å². The summed E-state index contributed by atoms with van der Waals surface area (Å²) in [5, 5.41) is 4.02. The maximum Gasteiger partial charge on any atom is 0.240 e. The van der Waals surface area contributed by atoms with Gasteiger partial charge in [0.25, 0.3) is 0 Å². The predicted octanol–water partition coefficient (Wildman–Crippen LogP) is 3.14. The van der Waals surface area contributed by atoms with Crippen molar-refractivity contribution in [3.63, 3.8) is 0 Å². The summed E-state index contributed by atoms with van der Waals surface area (Å²) in [5.41, 5.74) is 2.92. The van der Waals surface area contributed by atoms with Crippen LogP contribution in [-0.2, 0) is 19.4 Å². The van der Waals surface area contributed by atoms with Gasteiger partial charge in [-0.3, -0.25) is 4.90 Å². The van der Waals surface area contributed by atoms with E-state index in [2.05, 4.69) is 53.3 Å². The third kappa shape index (κ3) is 2.61. The molecule has 0 fully saturated rings. The van der Waals surface area contributed by atoms with Crippen LogP contribution in [0.3, 0.4) is 0 Å². The Balaban J connectivity index is 1.69. The molecule has 1 aliphatic carbocycles. The first kappa shape index (κ1) is 13.3. The summed E-state index contributed by atoms with van der Waals surface area (Å²) in [4.78, 5) is 6.76. The van der Waals surface area contributed by atoms with Crippen LogP contribution < -0.4 is 0 Å². The monoisotopic (exact) mass is 271 g/mol. The molecule has 0 aliphatic heterocycles. The third-order valence-corrected chi connectivity index (χ3v) is 4.00. The Kier molecular flexibility index (Phi) is 3.83. The fourth-order valence-electron chi connectivity index (χ4n) is 3.00. The largest absolute Gasteiger partial charge is 0.338 e. The molecule has 0 spiro atoms. The van der Waals surface area contributed by atoms with Crippen molar-refractivity contribution in [3.8, 4) is 0 Å². The van der Waals surface area contributed by atoms with Gasteiger partial charge in [0.2, 0.25) is 5.89 Å². The SMILES string of the molecule is CCCc1noc(CN(C)C2CCc3ccccc32)n1. The van der Waals surface area contributed by atoms with Crippen LogP contribution >= 0.6 is 0 Å². The van der Waals surface area contributed by atoms with Crippen LogP contribution in [0.5, 0.6) is 0 Å². The van der Waals surface area contributed by atoms with E-state index in [-0.39, 0.29) is 0 Å². The maximum atomic E-state index is 5.33. The van der Waals surface area contributed by atoms with Crippen molar-refractivity contribution in [1.29, 1.82) is 0 Å². The van der Waals surface area contributed by atoms with Crippen LogP contribution in [0.4, 0.5) is 0 Å². The van der Waals surface area contributed by atoms with E-state index in [0.29, 0.717) is 6.04 Å². The molecule has 0 amide bonds. The van der Waals surface area contributed by atoms with E-state index in [9.17, 15) is 0 Å². The second-order valence-corrected chi connectivity index (χ2v) is 5.52. The van der Waals surface area contributed by atoms with Gasteiger partial charge in [0.15, 0.2) is 5.82 Å². The lowest BCUT2D eigenvalue weighted by atomic mass is 10.1. The number of hydrogen-bond donors (Lipinski definition) is 0. The van der Waals surface area contributed by atoms with Gasteiger partial charge in [-0.15, -0.1) is 0 Å². The van der Waals surface area contributed by atoms with Crippen LogP contribution in [0.25, 0.3) is 0 Å². The number of rotatable bonds is 5. The van der Waals surface area contributed by atoms with Crippen molar-refractivity contribution < 1.29 is 4.52 Å². The van der Waals surface area contributed by atoms with Crippen molar-refractivity contribution in [1.82, 2.24) is 15.0 Å². The van der Waals surface area contributed by atoms with Gasteiger partial charge in [-0.05, 0) is 37.4 Å². The number of aromatic nitrogens is 2. The highest BCUT2D eigenvalue weighted by Gasteiger charge is 2.26. The van der Waals surface area contributed by atoms with Crippen LogP contribution in [0.2, 0.25) is 0 Å². The molecule has 4 nitrogen and oxygen atoms in total. The molecule has 0 N–H and O–H groups in total. The van der Waals surface area contributed by atoms with Gasteiger partial charge in [-0.25, -0.2) is 0 Å². The zero-order valence-corrected chi connectivity index (χ0v) is 12.2. The smallest absolute Gasteiger partial charge is 0.240 e. The summed E-state index contributed by atoms with van der Waals surface area (Å²) in [6.07, 6.45) is 4.27. The van der Waals surface area contributed by atoms with Gasteiger partial charge in [0, 0.05) is 12.5 Å². The van der Waals surface area contributed by atoms with Crippen molar-refractivity contribution in [3.05, 3.63) is 47.1 Å². The van der Waals surface area contributed by atoms with Gasteiger partial charge >= 0.3 is 0 Å². The van der Waals surface area contributed by atoms with E-state index in [1.165, 1.54) is 17.5 Å². The molecule has 0 radical (unpaired) electrons. The third-order valence-electron chi connectivity index (χ3n) is 4.00. The van der Waals surface area contributed by atoms with Crippen molar-refractivity contribution >= 4 is 0 Å². The Morgan fingerprint density at radius 1 is 1.35 bits per heavy atom. The van der Waals surface area contributed by atoms with Gasteiger partial charge in [-0.2, -0.15) is 4.98 Å². The number of hydrogen-bond acceptors (Lipinski definition) is 4. The molecule has 1 aliphatic rings. The average Bonchev–Trinajstić information content (AvgIpc) is 3.06. The van der Waals surface area contributed by atoms with Crippen LogP contribution in [0.15, 0.2) is 28.8 Å². The molecule has 1 heterocycles. The molecule has 0 saturated heterocycles. The van der Waals surface area contributed by atoms with Crippen molar-refractivity contribution in [2.45, 2.75) is 45.2 Å². The highest BCUT2D eigenvalue weighted by Crippen LogP contribution is 2.35. The van der Waals surface area contributed by atoms with Crippen LogP contribution in [0.1, 0.15) is 48.6 Å². The normalized spacial score (nSPS) is 17.6. The van der Waals surface area contributed by atoms with E-state index in [1.54, 1.807) is 0 Å². The van der Waals surface area contributed by atoms with Gasteiger partial charge < -0.3 is 4.52 Å².